The van der Waals surface area contributed by atoms with E-state index in [1.165, 1.54) is 4.90 Å². The normalized spacial score (nSPS) is 15.7. The number of amides is 1. The molecule has 4 heteroatoms. The maximum atomic E-state index is 11.9. The summed E-state index contributed by atoms with van der Waals surface area (Å²) in [6.45, 7) is 4.38. The second kappa shape index (κ2) is 7.46. The fourth-order valence-corrected chi connectivity index (χ4v) is 2.14. The van der Waals surface area contributed by atoms with Crippen molar-refractivity contribution < 1.29 is 9.53 Å². The lowest BCUT2D eigenvalue weighted by Gasteiger charge is -2.36. The number of cyclic esters (lactones) is 1. The first-order valence-corrected chi connectivity index (χ1v) is 7.46. The molecule has 0 bridgehead atoms. The Morgan fingerprint density at radius 3 is 2.30 bits per heavy atom. The van der Waals surface area contributed by atoms with Crippen molar-refractivity contribution in [3.05, 3.63) is 60.4 Å². The number of benzene rings is 1. The van der Waals surface area contributed by atoms with E-state index in [9.17, 15) is 4.79 Å². The third-order valence-electron chi connectivity index (χ3n) is 3.40. The number of pyridine rings is 1. The average molecular weight is 308 g/mol. The van der Waals surface area contributed by atoms with Gasteiger partial charge in [0.1, 0.15) is 11.3 Å². The van der Waals surface area contributed by atoms with Gasteiger partial charge in [-0.2, -0.15) is 0 Å². The molecule has 1 aliphatic rings. The highest BCUT2D eigenvalue weighted by Gasteiger charge is 2.34. The summed E-state index contributed by atoms with van der Waals surface area (Å²) >= 11 is 0. The van der Waals surface area contributed by atoms with Crippen LogP contribution in [0.25, 0.3) is 0 Å². The molecule has 0 spiro atoms. The minimum absolute atomic E-state index is 0.370. The highest BCUT2D eigenvalue weighted by atomic mass is 16.6. The van der Waals surface area contributed by atoms with Crippen LogP contribution in [0.1, 0.15) is 26.0 Å². The maximum Gasteiger partial charge on any atom is 0.414 e. The molecule has 1 aromatic carbocycles. The van der Waals surface area contributed by atoms with E-state index in [4.69, 9.17) is 11.2 Å². The van der Waals surface area contributed by atoms with Gasteiger partial charge in [-0.3, -0.25) is 4.90 Å². The van der Waals surface area contributed by atoms with Crippen LogP contribution in [0.2, 0.25) is 0 Å². The van der Waals surface area contributed by atoms with E-state index < -0.39 is 5.60 Å². The van der Waals surface area contributed by atoms with E-state index in [-0.39, 0.29) is 6.09 Å². The summed E-state index contributed by atoms with van der Waals surface area (Å²) in [5.41, 5.74) is 0.686. The molecule has 2 aromatic rings. The quantitative estimate of drug-likeness (QED) is 0.751. The molecule has 0 unspecified atom stereocenters. The molecule has 0 radical (unpaired) electrons. The number of ether oxygens (including phenoxy) is 1. The van der Waals surface area contributed by atoms with Gasteiger partial charge in [0.05, 0.1) is 5.69 Å². The van der Waals surface area contributed by atoms with E-state index in [2.05, 4.69) is 10.9 Å². The van der Waals surface area contributed by atoms with Crippen molar-refractivity contribution in [3.63, 3.8) is 0 Å². The molecule has 23 heavy (non-hydrogen) atoms. The summed E-state index contributed by atoms with van der Waals surface area (Å²) in [4.78, 5) is 17.5. The number of hydrogen-bond donors (Lipinski definition) is 0. The molecule has 0 atom stereocenters. The van der Waals surface area contributed by atoms with Gasteiger partial charge in [0.2, 0.25) is 0 Å². The fourth-order valence-electron chi connectivity index (χ4n) is 2.14. The third kappa shape index (κ3) is 4.58. The first-order valence-electron chi connectivity index (χ1n) is 7.46. The van der Waals surface area contributed by atoms with Crippen molar-refractivity contribution in [1.29, 1.82) is 0 Å². The van der Waals surface area contributed by atoms with Crippen molar-refractivity contribution in [3.8, 4) is 12.3 Å². The van der Waals surface area contributed by atoms with Crippen LogP contribution >= 0.6 is 0 Å². The lowest BCUT2D eigenvalue weighted by atomic mass is 10.0. The van der Waals surface area contributed by atoms with Crippen LogP contribution < -0.4 is 4.90 Å². The second-order valence-corrected chi connectivity index (χ2v) is 5.70. The van der Waals surface area contributed by atoms with Crippen LogP contribution in [0.4, 0.5) is 10.5 Å². The fraction of sp³-hybridized carbons (Fsp3) is 0.263. The van der Waals surface area contributed by atoms with Crippen LogP contribution in [-0.2, 0) is 4.74 Å². The molecule has 1 aliphatic heterocycles. The Kier molecular flexibility index (Phi) is 5.37. The van der Waals surface area contributed by atoms with Crippen LogP contribution in [0, 0.1) is 12.3 Å². The summed E-state index contributed by atoms with van der Waals surface area (Å²) < 4.78 is 5.33. The van der Waals surface area contributed by atoms with Crippen molar-refractivity contribution in [2.75, 3.05) is 11.4 Å². The predicted molar refractivity (Wildman–Crippen MR) is 91.1 cm³/mol. The molecule has 3 rings (SSSR count). The van der Waals surface area contributed by atoms with Crippen LogP contribution in [-0.4, -0.2) is 23.2 Å². The van der Waals surface area contributed by atoms with Gasteiger partial charge in [-0.25, -0.2) is 9.78 Å². The highest BCUT2D eigenvalue weighted by Crippen LogP contribution is 2.27. The molecule has 1 saturated heterocycles. The van der Waals surface area contributed by atoms with Gasteiger partial charge in [0, 0.05) is 19.2 Å². The number of aromatic nitrogens is 1. The number of rotatable bonds is 1. The monoisotopic (exact) mass is 308 g/mol. The van der Waals surface area contributed by atoms with E-state index in [1.54, 1.807) is 18.3 Å². The molecule has 2 heterocycles. The molecule has 1 fully saturated rings. The lowest BCUT2D eigenvalue weighted by Crippen LogP contribution is -2.47. The summed E-state index contributed by atoms with van der Waals surface area (Å²) in [5.74, 6) is 2.47. The van der Waals surface area contributed by atoms with E-state index in [0.717, 1.165) is 6.42 Å². The molecule has 1 aromatic heterocycles. The van der Waals surface area contributed by atoms with Gasteiger partial charge in [-0.05, 0) is 31.9 Å². The van der Waals surface area contributed by atoms with Crippen molar-refractivity contribution in [1.82, 2.24) is 4.98 Å². The Labute approximate surface area is 137 Å². The van der Waals surface area contributed by atoms with Gasteiger partial charge in [-0.15, -0.1) is 6.42 Å². The topological polar surface area (TPSA) is 42.4 Å². The van der Waals surface area contributed by atoms with Gasteiger partial charge >= 0.3 is 6.09 Å². The van der Waals surface area contributed by atoms with Crippen molar-refractivity contribution in [2.45, 2.75) is 25.9 Å². The summed E-state index contributed by atoms with van der Waals surface area (Å²) in [6, 6.07) is 15.5. The number of carbonyl (C=O) groups excluding carboxylic acids is 1. The smallest absolute Gasteiger partial charge is 0.414 e. The van der Waals surface area contributed by atoms with Crippen LogP contribution in [0.3, 0.4) is 0 Å². The zero-order valence-electron chi connectivity index (χ0n) is 13.4. The Morgan fingerprint density at radius 1 is 1.17 bits per heavy atom. The Balaban J connectivity index is 0.000000268. The van der Waals surface area contributed by atoms with Gasteiger partial charge in [0.15, 0.2) is 0 Å². The first-order chi connectivity index (χ1) is 11.0. The molecular weight excluding hydrogens is 288 g/mol. The number of anilines is 1. The largest absolute Gasteiger partial charge is 0.443 e. The zero-order valence-corrected chi connectivity index (χ0v) is 13.4. The first kappa shape index (κ1) is 16.6. The molecule has 0 aliphatic carbocycles. The number of carbonyl (C=O) groups is 1. The average Bonchev–Trinajstić information content (AvgIpc) is 2.56. The van der Waals surface area contributed by atoms with Crippen molar-refractivity contribution in [2.24, 2.45) is 0 Å². The van der Waals surface area contributed by atoms with Crippen LogP contribution in [0.15, 0.2) is 54.7 Å². The molecular formula is C19H20N2O2. The van der Waals surface area contributed by atoms with E-state index in [1.807, 2.05) is 50.2 Å². The minimum atomic E-state index is -0.411. The third-order valence-corrected chi connectivity index (χ3v) is 3.40. The Morgan fingerprint density at radius 2 is 1.78 bits per heavy atom. The standard InChI is InChI=1S/C13H14N2O2.C6H6/c1-4-10-11(6-5-8-14-10)15-9-7-13(2,3)17-12(15)16;1-2-4-6-5-3-1/h1,5-6,8H,7,9H2,2-3H3;1-6H. The van der Waals surface area contributed by atoms with Crippen molar-refractivity contribution >= 4 is 11.8 Å². The number of hydrogen-bond acceptors (Lipinski definition) is 3. The molecule has 1 amide bonds. The maximum absolute atomic E-state index is 11.9. The second-order valence-electron chi connectivity index (χ2n) is 5.70. The molecule has 0 saturated carbocycles. The van der Waals surface area contributed by atoms with Gasteiger partial charge < -0.3 is 4.74 Å². The number of nitrogens with zero attached hydrogens (tertiary/aromatic N) is 2. The van der Waals surface area contributed by atoms with E-state index >= 15 is 0 Å². The summed E-state index contributed by atoms with van der Waals surface area (Å²) in [7, 11) is 0. The van der Waals surface area contributed by atoms with Crippen LogP contribution in [0.5, 0.6) is 0 Å². The van der Waals surface area contributed by atoms with Gasteiger partial charge in [0.25, 0.3) is 0 Å². The zero-order chi connectivity index (χ0) is 16.7. The SMILES string of the molecule is C#Cc1ncccc1N1CCC(C)(C)OC1=O.c1ccccc1. The predicted octanol–water partition coefficient (Wildman–Crippen LogP) is 3.87. The molecule has 0 N–H and O–H groups in total. The summed E-state index contributed by atoms with van der Waals surface area (Å²) in [6.07, 6.45) is 7.37. The highest BCUT2D eigenvalue weighted by molar-refractivity contribution is 5.90. The van der Waals surface area contributed by atoms with Gasteiger partial charge in [-0.1, -0.05) is 36.4 Å². The Hall–Kier alpha value is -2.80. The molecule has 4 nitrogen and oxygen atoms in total. The molecule has 118 valence electrons. The van der Waals surface area contributed by atoms with E-state index in [0.29, 0.717) is 17.9 Å². The number of terminal acetylenes is 1. The Bertz CT molecular complexity index is 663. The lowest BCUT2D eigenvalue weighted by molar-refractivity contribution is 0.0236. The summed E-state index contributed by atoms with van der Waals surface area (Å²) in [5, 5.41) is 0. The minimum Gasteiger partial charge on any atom is -0.443 e.